The zero-order valence-electron chi connectivity index (χ0n) is 13.5. The Hall–Kier alpha value is -1.40. The Labute approximate surface area is 140 Å². The zero-order valence-corrected chi connectivity index (χ0v) is 14.3. The number of hydrogen-bond acceptors (Lipinski definition) is 4. The summed E-state index contributed by atoms with van der Waals surface area (Å²) in [5, 5.41) is 12.6. The number of thiophene rings is 1. The Balaban J connectivity index is 1.67. The number of aryl methyl sites for hydroxylation is 1. The molecule has 1 aromatic heterocycles. The van der Waals surface area contributed by atoms with Gasteiger partial charge in [0.2, 0.25) is 5.91 Å². The van der Waals surface area contributed by atoms with Crippen molar-refractivity contribution in [3.8, 4) is 0 Å². The van der Waals surface area contributed by atoms with E-state index in [1.54, 1.807) is 0 Å². The van der Waals surface area contributed by atoms with E-state index in [9.17, 15) is 9.59 Å². The largest absolute Gasteiger partial charge is 0.396 e. The molecule has 5 nitrogen and oxygen atoms in total. The third kappa shape index (κ3) is 4.12. The Morgan fingerprint density at radius 2 is 2.04 bits per heavy atom. The van der Waals surface area contributed by atoms with Gasteiger partial charge in [0.1, 0.15) is 0 Å². The molecule has 2 amide bonds. The minimum Gasteiger partial charge on any atom is -0.396 e. The van der Waals surface area contributed by atoms with Gasteiger partial charge in [0.15, 0.2) is 0 Å². The summed E-state index contributed by atoms with van der Waals surface area (Å²) in [5.41, 5.74) is 0.930. The van der Waals surface area contributed by atoms with Crippen molar-refractivity contribution in [1.29, 1.82) is 0 Å². The van der Waals surface area contributed by atoms with E-state index in [-0.39, 0.29) is 24.3 Å². The molecule has 126 valence electrons. The maximum atomic E-state index is 12.8. The lowest BCUT2D eigenvalue weighted by Gasteiger charge is -2.22. The molecule has 3 rings (SSSR count). The first-order chi connectivity index (χ1) is 11.1. The highest BCUT2D eigenvalue weighted by molar-refractivity contribution is 7.18. The van der Waals surface area contributed by atoms with Crippen molar-refractivity contribution >= 4 is 28.2 Å². The third-order valence-electron chi connectivity index (χ3n) is 4.36. The first-order valence-corrected chi connectivity index (χ1v) is 9.25. The molecule has 6 heteroatoms. The van der Waals surface area contributed by atoms with Gasteiger partial charge in [0.05, 0.1) is 9.88 Å². The van der Waals surface area contributed by atoms with Gasteiger partial charge in [-0.2, -0.15) is 0 Å². The summed E-state index contributed by atoms with van der Waals surface area (Å²) in [6.07, 6.45) is 5.64. The van der Waals surface area contributed by atoms with Crippen LogP contribution in [0.2, 0.25) is 0 Å². The molecule has 0 unspecified atom stereocenters. The number of rotatable bonds is 8. The maximum absolute atomic E-state index is 12.8. The summed E-state index contributed by atoms with van der Waals surface area (Å²) < 4.78 is 0. The van der Waals surface area contributed by atoms with E-state index in [0.717, 1.165) is 54.0 Å². The smallest absolute Gasteiger partial charge is 0.264 e. The van der Waals surface area contributed by atoms with E-state index in [1.807, 2.05) is 17.9 Å². The van der Waals surface area contributed by atoms with Gasteiger partial charge in [-0.25, -0.2) is 0 Å². The normalized spacial score (nSPS) is 17.1. The van der Waals surface area contributed by atoms with Crippen LogP contribution in [0.1, 0.15) is 53.8 Å². The maximum Gasteiger partial charge on any atom is 0.264 e. The van der Waals surface area contributed by atoms with Crippen LogP contribution < -0.4 is 5.32 Å². The van der Waals surface area contributed by atoms with Crippen LogP contribution in [0, 0.1) is 12.8 Å². The van der Waals surface area contributed by atoms with Gasteiger partial charge in [0, 0.05) is 25.1 Å². The van der Waals surface area contributed by atoms with Crippen LogP contribution >= 0.6 is 11.3 Å². The topological polar surface area (TPSA) is 69.6 Å². The van der Waals surface area contributed by atoms with Crippen LogP contribution in [0.15, 0.2) is 6.07 Å². The average molecular weight is 336 g/mol. The lowest BCUT2D eigenvalue weighted by atomic mass is 10.2. The number of anilines is 1. The van der Waals surface area contributed by atoms with E-state index in [4.69, 9.17) is 5.11 Å². The quantitative estimate of drug-likeness (QED) is 0.717. The van der Waals surface area contributed by atoms with Crippen LogP contribution in [0.5, 0.6) is 0 Å². The van der Waals surface area contributed by atoms with Gasteiger partial charge < -0.3 is 15.3 Å². The van der Waals surface area contributed by atoms with Gasteiger partial charge in [-0.1, -0.05) is 0 Å². The van der Waals surface area contributed by atoms with Crippen molar-refractivity contribution in [3.63, 3.8) is 0 Å². The summed E-state index contributed by atoms with van der Waals surface area (Å²) in [4.78, 5) is 27.4. The lowest BCUT2D eigenvalue weighted by molar-refractivity contribution is -0.117. The van der Waals surface area contributed by atoms with Crippen molar-refractivity contribution in [1.82, 2.24) is 4.90 Å². The zero-order chi connectivity index (χ0) is 16.4. The first-order valence-electron chi connectivity index (χ1n) is 8.43. The molecule has 0 aromatic carbocycles. The fourth-order valence-corrected chi connectivity index (χ4v) is 3.72. The van der Waals surface area contributed by atoms with Crippen LogP contribution in [0.25, 0.3) is 0 Å². The summed E-state index contributed by atoms with van der Waals surface area (Å²) >= 11 is 1.38. The number of nitrogens with one attached hydrogen (secondary N) is 1. The van der Waals surface area contributed by atoms with Crippen molar-refractivity contribution in [2.24, 2.45) is 5.92 Å². The molecule has 0 atom stereocenters. The summed E-state index contributed by atoms with van der Waals surface area (Å²) in [5.74, 6) is 0.310. The highest BCUT2D eigenvalue weighted by Gasteiger charge is 2.34. The molecule has 2 aliphatic rings. The summed E-state index contributed by atoms with van der Waals surface area (Å²) in [6, 6.07) is 2.25. The Morgan fingerprint density at radius 3 is 2.65 bits per heavy atom. The van der Waals surface area contributed by atoms with Gasteiger partial charge in [-0.05, 0) is 57.1 Å². The van der Waals surface area contributed by atoms with E-state index < -0.39 is 0 Å². The lowest BCUT2D eigenvalue weighted by Crippen LogP contribution is -2.34. The van der Waals surface area contributed by atoms with E-state index in [1.165, 1.54) is 11.3 Å². The van der Waals surface area contributed by atoms with Gasteiger partial charge in [-0.15, -0.1) is 11.3 Å². The SMILES string of the molecule is Cc1cc(NC(=O)C2CC2)sc1C(=O)N(CCCCO)C1CC1. The molecule has 2 saturated carbocycles. The molecule has 0 saturated heterocycles. The van der Waals surface area contributed by atoms with Gasteiger partial charge >= 0.3 is 0 Å². The number of unbranched alkanes of at least 4 members (excludes halogenated alkanes) is 1. The minimum absolute atomic E-state index is 0.0693. The molecule has 23 heavy (non-hydrogen) atoms. The monoisotopic (exact) mass is 336 g/mol. The number of aliphatic hydroxyl groups is 1. The van der Waals surface area contributed by atoms with Crippen molar-refractivity contribution in [2.45, 2.75) is 51.5 Å². The number of aliphatic hydroxyl groups excluding tert-OH is 1. The Kier molecular flexibility index (Phi) is 5.02. The molecule has 0 bridgehead atoms. The minimum atomic E-state index is 0.0693. The Morgan fingerprint density at radius 1 is 1.30 bits per heavy atom. The van der Waals surface area contributed by atoms with Gasteiger partial charge in [-0.3, -0.25) is 9.59 Å². The number of hydrogen-bond donors (Lipinski definition) is 2. The summed E-state index contributed by atoms with van der Waals surface area (Å²) in [6.45, 7) is 2.79. The molecule has 0 radical (unpaired) electrons. The standard InChI is InChI=1S/C17H24N2O3S/c1-11-10-14(18-16(21)12-4-5-12)23-15(11)17(22)19(13-6-7-13)8-2-3-9-20/h10,12-13,20H,2-9H2,1H3,(H,18,21). The second-order valence-electron chi connectivity index (χ2n) is 6.55. The van der Waals surface area contributed by atoms with Crippen LogP contribution in [0.4, 0.5) is 5.00 Å². The molecule has 2 aliphatic carbocycles. The number of nitrogens with zero attached hydrogens (tertiary/aromatic N) is 1. The van der Waals surface area contributed by atoms with Crippen LogP contribution in [-0.4, -0.2) is 41.0 Å². The molecular formula is C17H24N2O3S. The highest BCUT2D eigenvalue weighted by atomic mass is 32.1. The van der Waals surface area contributed by atoms with Crippen LogP contribution in [-0.2, 0) is 4.79 Å². The van der Waals surface area contributed by atoms with Crippen molar-refractivity contribution in [2.75, 3.05) is 18.5 Å². The summed E-state index contributed by atoms with van der Waals surface area (Å²) in [7, 11) is 0. The molecule has 1 aromatic rings. The predicted molar refractivity (Wildman–Crippen MR) is 90.8 cm³/mol. The average Bonchev–Trinajstić information content (AvgIpc) is 3.41. The van der Waals surface area contributed by atoms with Crippen molar-refractivity contribution in [3.05, 3.63) is 16.5 Å². The van der Waals surface area contributed by atoms with Crippen LogP contribution in [0.3, 0.4) is 0 Å². The second-order valence-corrected chi connectivity index (χ2v) is 7.60. The second kappa shape index (κ2) is 7.01. The highest BCUT2D eigenvalue weighted by Crippen LogP contribution is 2.35. The molecule has 0 spiro atoms. The molecule has 1 heterocycles. The van der Waals surface area contributed by atoms with E-state index >= 15 is 0 Å². The fraction of sp³-hybridized carbons (Fsp3) is 0.647. The molecule has 2 N–H and O–H groups in total. The molecular weight excluding hydrogens is 312 g/mol. The van der Waals surface area contributed by atoms with Crippen molar-refractivity contribution < 1.29 is 14.7 Å². The fourth-order valence-electron chi connectivity index (χ4n) is 2.69. The number of amides is 2. The molecule has 0 aliphatic heterocycles. The first kappa shape index (κ1) is 16.5. The van der Waals surface area contributed by atoms with E-state index in [2.05, 4.69) is 5.32 Å². The van der Waals surface area contributed by atoms with E-state index in [0.29, 0.717) is 12.6 Å². The predicted octanol–water partition coefficient (Wildman–Crippen LogP) is 2.78. The third-order valence-corrected chi connectivity index (χ3v) is 5.50. The number of carbonyl (C=O) groups excluding carboxylic acids is 2. The number of carbonyl (C=O) groups is 2. The van der Waals surface area contributed by atoms with Gasteiger partial charge in [0.25, 0.3) is 5.91 Å². The molecule has 2 fully saturated rings. The Bertz CT molecular complexity index is 591.